The second-order valence-electron chi connectivity index (χ2n) is 5.05. The predicted octanol–water partition coefficient (Wildman–Crippen LogP) is 3.95. The minimum absolute atomic E-state index is 0.298. The number of fused-ring (bicyclic) bond motifs is 1. The second kappa shape index (κ2) is 5.62. The first-order valence-electron chi connectivity index (χ1n) is 6.66. The van der Waals surface area contributed by atoms with Crippen LogP contribution in [0.4, 0.5) is 11.4 Å². The minimum Gasteiger partial charge on any atom is -0.295 e. The Labute approximate surface area is 148 Å². The molecule has 1 atom stereocenters. The van der Waals surface area contributed by atoms with Crippen LogP contribution in [0.3, 0.4) is 0 Å². The Hall–Kier alpha value is -1.35. The SMILES string of the molecule is CC1=Nc2ccccc2C(S)(S(=O)(=O)O)N1c1ccccc1Br. The minimum atomic E-state index is -4.60. The van der Waals surface area contributed by atoms with Gasteiger partial charge in [-0.05, 0) is 41.1 Å². The van der Waals surface area contributed by atoms with Crippen molar-refractivity contribution in [2.75, 3.05) is 4.90 Å². The van der Waals surface area contributed by atoms with Crippen LogP contribution >= 0.6 is 28.6 Å². The van der Waals surface area contributed by atoms with Crippen LogP contribution in [0.15, 0.2) is 58.0 Å². The zero-order chi connectivity index (χ0) is 16.8. The van der Waals surface area contributed by atoms with Crippen LogP contribution in [-0.4, -0.2) is 18.8 Å². The lowest BCUT2D eigenvalue weighted by molar-refractivity contribution is 0.463. The Kier molecular flexibility index (Phi) is 4.04. The Morgan fingerprint density at radius 1 is 1.17 bits per heavy atom. The molecule has 8 heteroatoms. The number of hydrogen-bond acceptors (Lipinski definition) is 5. The van der Waals surface area contributed by atoms with Crippen molar-refractivity contribution in [3.05, 3.63) is 58.6 Å². The van der Waals surface area contributed by atoms with Gasteiger partial charge in [0.1, 0.15) is 5.84 Å². The molecule has 1 heterocycles. The summed E-state index contributed by atoms with van der Waals surface area (Å²) in [7, 11) is -4.60. The van der Waals surface area contributed by atoms with Gasteiger partial charge in [-0.2, -0.15) is 8.42 Å². The van der Waals surface area contributed by atoms with Crippen LogP contribution in [0.1, 0.15) is 12.5 Å². The van der Waals surface area contributed by atoms with Crippen molar-refractivity contribution in [2.24, 2.45) is 4.99 Å². The number of anilines is 1. The number of halogens is 1. The van der Waals surface area contributed by atoms with Gasteiger partial charge >= 0.3 is 10.1 Å². The summed E-state index contributed by atoms with van der Waals surface area (Å²) in [4.78, 5) is 5.85. The highest BCUT2D eigenvalue weighted by atomic mass is 79.9. The Balaban J connectivity index is 2.38. The van der Waals surface area contributed by atoms with E-state index in [1.54, 1.807) is 49.4 Å². The van der Waals surface area contributed by atoms with Gasteiger partial charge in [0.05, 0.1) is 11.4 Å². The van der Waals surface area contributed by atoms with Crippen LogP contribution in [-0.2, 0) is 14.3 Å². The van der Waals surface area contributed by atoms with E-state index >= 15 is 0 Å². The Morgan fingerprint density at radius 3 is 2.43 bits per heavy atom. The molecule has 23 heavy (non-hydrogen) atoms. The van der Waals surface area contributed by atoms with E-state index in [0.29, 0.717) is 27.2 Å². The number of benzene rings is 2. The molecule has 1 unspecified atom stereocenters. The van der Waals surface area contributed by atoms with Crippen molar-refractivity contribution in [2.45, 2.75) is 11.1 Å². The van der Waals surface area contributed by atoms with Crippen LogP contribution in [0.25, 0.3) is 0 Å². The number of nitrogens with zero attached hydrogens (tertiary/aromatic N) is 2. The first-order chi connectivity index (χ1) is 10.8. The van der Waals surface area contributed by atoms with Crippen molar-refractivity contribution in [1.29, 1.82) is 0 Å². The quantitative estimate of drug-likeness (QED) is 0.578. The summed E-state index contributed by atoms with van der Waals surface area (Å²) >= 11 is 7.82. The maximum absolute atomic E-state index is 12.3. The molecule has 1 N–H and O–H groups in total. The van der Waals surface area contributed by atoms with Crippen LogP contribution in [0, 0.1) is 0 Å². The van der Waals surface area contributed by atoms with E-state index in [4.69, 9.17) is 0 Å². The molecule has 0 amide bonds. The largest absolute Gasteiger partial charge is 0.304 e. The smallest absolute Gasteiger partial charge is 0.295 e. The summed E-state index contributed by atoms with van der Waals surface area (Å²) in [6.07, 6.45) is 0. The maximum atomic E-state index is 12.3. The molecule has 0 fully saturated rings. The zero-order valence-corrected chi connectivity index (χ0v) is 15.3. The van der Waals surface area contributed by atoms with E-state index in [1.807, 2.05) is 6.07 Å². The summed E-state index contributed by atoms with van der Waals surface area (Å²) in [5.74, 6) is 0.406. The lowest BCUT2D eigenvalue weighted by Gasteiger charge is -2.42. The molecule has 0 spiro atoms. The van der Waals surface area contributed by atoms with Crippen LogP contribution in [0.2, 0.25) is 0 Å². The van der Waals surface area contributed by atoms with E-state index in [0.717, 1.165) is 0 Å². The fraction of sp³-hybridized carbons (Fsp3) is 0.133. The average molecular weight is 413 g/mol. The summed E-state index contributed by atoms with van der Waals surface area (Å²) in [5, 5.41) is 0. The molecule has 0 bridgehead atoms. The number of aliphatic imine (C=N–C) groups is 1. The molecule has 0 aliphatic carbocycles. The maximum Gasteiger partial charge on any atom is 0.304 e. The van der Waals surface area contributed by atoms with Crippen LogP contribution in [0.5, 0.6) is 0 Å². The first-order valence-corrected chi connectivity index (χ1v) is 9.34. The second-order valence-corrected chi connectivity index (χ2v) is 8.39. The molecule has 0 radical (unpaired) electrons. The van der Waals surface area contributed by atoms with E-state index in [-0.39, 0.29) is 0 Å². The third-order valence-corrected chi connectivity index (χ3v) is 6.54. The topological polar surface area (TPSA) is 70.0 Å². The van der Waals surface area contributed by atoms with Crippen molar-refractivity contribution < 1.29 is 13.0 Å². The molecular weight excluding hydrogens is 400 g/mol. The van der Waals surface area contributed by atoms with Gasteiger partial charge < -0.3 is 0 Å². The molecule has 5 nitrogen and oxygen atoms in total. The molecule has 1 aliphatic heterocycles. The number of amidine groups is 1. The number of para-hydroxylation sites is 2. The van der Waals surface area contributed by atoms with Crippen LogP contribution < -0.4 is 4.90 Å². The normalized spacial score (nSPS) is 20.9. The van der Waals surface area contributed by atoms with E-state index in [1.165, 1.54) is 4.90 Å². The number of thiol groups is 1. The van der Waals surface area contributed by atoms with Gasteiger partial charge in [-0.25, -0.2) is 4.99 Å². The number of hydrogen-bond donors (Lipinski definition) is 2. The fourth-order valence-electron chi connectivity index (χ4n) is 2.64. The van der Waals surface area contributed by atoms with Gasteiger partial charge in [0, 0.05) is 10.0 Å². The summed E-state index contributed by atoms with van der Waals surface area (Å²) in [6, 6.07) is 13.8. The number of rotatable bonds is 2. The molecule has 1 aliphatic rings. The molecule has 2 aromatic rings. The molecule has 2 aromatic carbocycles. The Morgan fingerprint density at radius 2 is 1.78 bits per heavy atom. The molecule has 0 saturated heterocycles. The molecule has 120 valence electrons. The monoisotopic (exact) mass is 412 g/mol. The third kappa shape index (κ3) is 2.50. The Bertz CT molecular complexity index is 914. The highest BCUT2D eigenvalue weighted by molar-refractivity contribution is 9.10. The van der Waals surface area contributed by atoms with Gasteiger partial charge in [-0.15, -0.1) is 12.6 Å². The third-order valence-electron chi connectivity index (χ3n) is 3.62. The lowest BCUT2D eigenvalue weighted by Crippen LogP contribution is -2.52. The lowest BCUT2D eigenvalue weighted by atomic mass is 10.1. The van der Waals surface area contributed by atoms with Gasteiger partial charge in [-0.1, -0.05) is 30.3 Å². The van der Waals surface area contributed by atoms with Crippen molar-refractivity contribution in [1.82, 2.24) is 0 Å². The highest BCUT2D eigenvalue weighted by Crippen LogP contribution is 2.49. The molecule has 0 saturated carbocycles. The van der Waals surface area contributed by atoms with E-state index < -0.39 is 14.3 Å². The van der Waals surface area contributed by atoms with Crippen molar-refractivity contribution in [3.63, 3.8) is 0 Å². The van der Waals surface area contributed by atoms with Gasteiger partial charge in [0.2, 0.25) is 4.20 Å². The molecular formula is C15H13BrN2O3S2. The molecule has 0 aromatic heterocycles. The van der Waals surface area contributed by atoms with E-state index in [2.05, 4.69) is 33.6 Å². The average Bonchev–Trinajstić information content (AvgIpc) is 2.48. The van der Waals surface area contributed by atoms with E-state index in [9.17, 15) is 13.0 Å². The van der Waals surface area contributed by atoms with Gasteiger partial charge in [-0.3, -0.25) is 9.45 Å². The van der Waals surface area contributed by atoms with Crippen molar-refractivity contribution >= 4 is 55.9 Å². The van der Waals surface area contributed by atoms with Gasteiger partial charge in [0.15, 0.2) is 0 Å². The predicted molar refractivity (Wildman–Crippen MR) is 98.0 cm³/mol. The molecule has 3 rings (SSSR count). The van der Waals surface area contributed by atoms with Gasteiger partial charge in [0.25, 0.3) is 0 Å². The fourth-order valence-corrected chi connectivity index (χ4v) is 4.45. The summed E-state index contributed by atoms with van der Waals surface area (Å²) < 4.78 is 33.2. The summed E-state index contributed by atoms with van der Waals surface area (Å²) in [5.41, 5.74) is 1.30. The highest BCUT2D eigenvalue weighted by Gasteiger charge is 2.52. The zero-order valence-electron chi connectivity index (χ0n) is 12.0. The summed E-state index contributed by atoms with van der Waals surface area (Å²) in [6.45, 7) is 1.67. The van der Waals surface area contributed by atoms with Crippen molar-refractivity contribution in [3.8, 4) is 0 Å². The standard InChI is InChI=1S/C15H13BrN2O3S2/c1-10-17-13-8-4-2-6-11(13)15(22,23(19,20)21)18(10)14-9-5-3-7-12(14)16/h2-9,22H,1H3,(H,19,20,21). The first kappa shape index (κ1) is 16.5.